The van der Waals surface area contributed by atoms with Gasteiger partial charge in [0.05, 0.1) is 10.9 Å². The molecular weight excluding hydrogens is 354 g/mol. The number of hydrogen-bond donors (Lipinski definition) is 1. The van der Waals surface area contributed by atoms with Crippen molar-refractivity contribution in [3.05, 3.63) is 64.3 Å². The van der Waals surface area contributed by atoms with E-state index in [9.17, 15) is 9.59 Å². The standard InChI is InChI=1S/C21H23N5O2/c1-15-6-8-19(22-14-15)25-10-12-26(13-11-25)20(27)9-7-18-23-17-5-3-2-4-16(17)21(28)24-18/h2-6,8,14H,7,9-13H2,1H3,(H,23,24,28). The number of fused-ring (bicyclic) bond motifs is 1. The summed E-state index contributed by atoms with van der Waals surface area (Å²) in [5.74, 6) is 1.60. The quantitative estimate of drug-likeness (QED) is 0.751. The van der Waals surface area contributed by atoms with Crippen LogP contribution in [-0.4, -0.2) is 51.9 Å². The minimum Gasteiger partial charge on any atom is -0.353 e. The number of benzene rings is 1. The highest BCUT2D eigenvalue weighted by atomic mass is 16.2. The van der Waals surface area contributed by atoms with Crippen LogP contribution in [0.25, 0.3) is 10.9 Å². The van der Waals surface area contributed by atoms with Gasteiger partial charge < -0.3 is 14.8 Å². The lowest BCUT2D eigenvalue weighted by Crippen LogP contribution is -2.49. The number of aromatic nitrogens is 3. The van der Waals surface area contributed by atoms with E-state index in [2.05, 4.69) is 25.9 Å². The molecule has 0 saturated carbocycles. The van der Waals surface area contributed by atoms with Crippen molar-refractivity contribution in [2.24, 2.45) is 0 Å². The van der Waals surface area contributed by atoms with Gasteiger partial charge in [0.2, 0.25) is 5.91 Å². The molecule has 1 amide bonds. The monoisotopic (exact) mass is 377 g/mol. The van der Waals surface area contributed by atoms with E-state index in [4.69, 9.17) is 0 Å². The van der Waals surface area contributed by atoms with Crippen LogP contribution in [0.15, 0.2) is 47.4 Å². The zero-order valence-corrected chi connectivity index (χ0v) is 15.9. The molecule has 3 aromatic rings. The summed E-state index contributed by atoms with van der Waals surface area (Å²) in [5.41, 5.74) is 1.64. The van der Waals surface area contributed by atoms with Crippen LogP contribution in [0.2, 0.25) is 0 Å². The first-order valence-corrected chi connectivity index (χ1v) is 9.53. The molecule has 0 unspecified atom stereocenters. The number of piperazine rings is 1. The summed E-state index contributed by atoms with van der Waals surface area (Å²) in [7, 11) is 0. The van der Waals surface area contributed by atoms with Gasteiger partial charge in [0.15, 0.2) is 0 Å². The fourth-order valence-corrected chi connectivity index (χ4v) is 3.47. The lowest BCUT2D eigenvalue weighted by atomic mass is 10.2. The van der Waals surface area contributed by atoms with Crippen LogP contribution in [0, 0.1) is 6.92 Å². The predicted octanol–water partition coefficient (Wildman–Crippen LogP) is 1.91. The van der Waals surface area contributed by atoms with E-state index in [0.717, 1.165) is 24.5 Å². The molecule has 0 atom stereocenters. The molecule has 1 fully saturated rings. The number of aryl methyl sites for hydroxylation is 2. The van der Waals surface area contributed by atoms with Crippen molar-refractivity contribution in [3.63, 3.8) is 0 Å². The number of aromatic amines is 1. The maximum atomic E-state index is 12.6. The molecule has 0 spiro atoms. The molecular formula is C21H23N5O2. The third-order valence-electron chi connectivity index (χ3n) is 5.09. The number of rotatable bonds is 4. The summed E-state index contributed by atoms with van der Waals surface area (Å²) >= 11 is 0. The summed E-state index contributed by atoms with van der Waals surface area (Å²) in [4.78, 5) is 40.5. The van der Waals surface area contributed by atoms with Gasteiger partial charge in [-0.3, -0.25) is 9.59 Å². The molecule has 0 bridgehead atoms. The molecule has 1 aliphatic heterocycles. The summed E-state index contributed by atoms with van der Waals surface area (Å²) in [5, 5.41) is 0.568. The highest BCUT2D eigenvalue weighted by Gasteiger charge is 2.21. The normalized spacial score (nSPS) is 14.5. The Hall–Kier alpha value is -3.22. The highest BCUT2D eigenvalue weighted by molar-refractivity contribution is 5.78. The number of carbonyl (C=O) groups excluding carboxylic acids is 1. The molecule has 1 aliphatic rings. The van der Waals surface area contributed by atoms with Crippen LogP contribution in [0.1, 0.15) is 17.8 Å². The molecule has 1 aromatic carbocycles. The van der Waals surface area contributed by atoms with Gasteiger partial charge in [-0.25, -0.2) is 9.97 Å². The Balaban J connectivity index is 1.34. The van der Waals surface area contributed by atoms with Crippen molar-refractivity contribution in [2.75, 3.05) is 31.1 Å². The number of H-pyrrole nitrogens is 1. The van der Waals surface area contributed by atoms with Gasteiger partial charge in [-0.15, -0.1) is 0 Å². The Bertz CT molecular complexity index is 1040. The second kappa shape index (κ2) is 7.80. The molecule has 4 rings (SSSR count). The molecule has 7 heteroatoms. The highest BCUT2D eigenvalue weighted by Crippen LogP contribution is 2.15. The molecule has 1 saturated heterocycles. The number of pyridine rings is 1. The van der Waals surface area contributed by atoms with Gasteiger partial charge in [-0.1, -0.05) is 18.2 Å². The second-order valence-electron chi connectivity index (χ2n) is 7.09. The van der Waals surface area contributed by atoms with Gasteiger partial charge in [-0.05, 0) is 30.7 Å². The maximum absolute atomic E-state index is 12.6. The van der Waals surface area contributed by atoms with Crippen molar-refractivity contribution in [2.45, 2.75) is 19.8 Å². The van der Waals surface area contributed by atoms with Crippen molar-refractivity contribution >= 4 is 22.6 Å². The van der Waals surface area contributed by atoms with E-state index in [1.165, 1.54) is 0 Å². The minimum absolute atomic E-state index is 0.0901. The zero-order chi connectivity index (χ0) is 19.5. The Labute approximate surface area is 163 Å². The number of nitrogens with one attached hydrogen (secondary N) is 1. The summed E-state index contributed by atoms with van der Waals surface area (Å²) < 4.78 is 0. The number of hydrogen-bond acceptors (Lipinski definition) is 5. The average Bonchev–Trinajstić information content (AvgIpc) is 2.73. The Morgan fingerprint density at radius 3 is 2.64 bits per heavy atom. The maximum Gasteiger partial charge on any atom is 0.258 e. The third-order valence-corrected chi connectivity index (χ3v) is 5.09. The van der Waals surface area contributed by atoms with E-state index in [1.807, 2.05) is 42.3 Å². The number of amides is 1. The molecule has 2 aromatic heterocycles. The summed E-state index contributed by atoms with van der Waals surface area (Å²) in [6.07, 6.45) is 2.63. The lowest BCUT2D eigenvalue weighted by molar-refractivity contribution is -0.131. The van der Waals surface area contributed by atoms with Crippen molar-refractivity contribution in [1.82, 2.24) is 19.9 Å². The van der Waals surface area contributed by atoms with Gasteiger partial charge in [0, 0.05) is 45.2 Å². The van der Waals surface area contributed by atoms with Gasteiger partial charge in [0.25, 0.3) is 5.56 Å². The van der Waals surface area contributed by atoms with E-state index in [1.54, 1.807) is 6.07 Å². The van der Waals surface area contributed by atoms with Crippen molar-refractivity contribution in [1.29, 1.82) is 0 Å². The second-order valence-corrected chi connectivity index (χ2v) is 7.09. The Kier molecular flexibility index (Phi) is 5.06. The summed E-state index contributed by atoms with van der Waals surface area (Å²) in [6.45, 7) is 4.91. The average molecular weight is 377 g/mol. The number of carbonyl (C=O) groups is 1. The smallest absolute Gasteiger partial charge is 0.258 e. The first-order chi connectivity index (χ1) is 13.6. The molecule has 0 aliphatic carbocycles. The van der Waals surface area contributed by atoms with Crippen LogP contribution in [-0.2, 0) is 11.2 Å². The number of anilines is 1. The molecule has 1 N–H and O–H groups in total. The van der Waals surface area contributed by atoms with Gasteiger partial charge >= 0.3 is 0 Å². The van der Waals surface area contributed by atoms with E-state index in [-0.39, 0.29) is 11.5 Å². The van der Waals surface area contributed by atoms with E-state index >= 15 is 0 Å². The van der Waals surface area contributed by atoms with E-state index < -0.39 is 0 Å². The predicted molar refractivity (Wildman–Crippen MR) is 108 cm³/mol. The Morgan fingerprint density at radius 1 is 1.11 bits per heavy atom. The molecule has 7 nitrogen and oxygen atoms in total. The SMILES string of the molecule is Cc1ccc(N2CCN(C(=O)CCc3nc4ccccc4c(=O)[nH]3)CC2)nc1. The third kappa shape index (κ3) is 3.88. The van der Waals surface area contributed by atoms with Crippen LogP contribution < -0.4 is 10.5 Å². The van der Waals surface area contributed by atoms with Crippen molar-refractivity contribution in [3.8, 4) is 0 Å². The molecule has 28 heavy (non-hydrogen) atoms. The molecule has 3 heterocycles. The first-order valence-electron chi connectivity index (χ1n) is 9.53. The van der Waals surface area contributed by atoms with Crippen LogP contribution in [0.5, 0.6) is 0 Å². The minimum atomic E-state index is -0.160. The number of para-hydroxylation sites is 1. The fraction of sp³-hybridized carbons (Fsp3) is 0.333. The molecule has 144 valence electrons. The Morgan fingerprint density at radius 2 is 1.89 bits per heavy atom. The summed E-state index contributed by atoms with van der Waals surface area (Å²) in [6, 6.07) is 11.3. The van der Waals surface area contributed by atoms with E-state index in [0.29, 0.717) is 42.7 Å². The number of nitrogens with zero attached hydrogens (tertiary/aromatic N) is 4. The van der Waals surface area contributed by atoms with Crippen molar-refractivity contribution < 1.29 is 4.79 Å². The largest absolute Gasteiger partial charge is 0.353 e. The first kappa shape index (κ1) is 18.2. The fourth-order valence-electron chi connectivity index (χ4n) is 3.47. The van der Waals surface area contributed by atoms with Crippen LogP contribution >= 0.6 is 0 Å². The van der Waals surface area contributed by atoms with Crippen LogP contribution in [0.3, 0.4) is 0 Å². The zero-order valence-electron chi connectivity index (χ0n) is 15.9. The lowest BCUT2D eigenvalue weighted by Gasteiger charge is -2.35. The topological polar surface area (TPSA) is 82.2 Å². The van der Waals surface area contributed by atoms with Gasteiger partial charge in [-0.2, -0.15) is 0 Å². The van der Waals surface area contributed by atoms with Gasteiger partial charge in [0.1, 0.15) is 11.6 Å². The molecule has 0 radical (unpaired) electrons. The van der Waals surface area contributed by atoms with Crippen LogP contribution in [0.4, 0.5) is 5.82 Å².